The van der Waals surface area contributed by atoms with Crippen molar-refractivity contribution in [2.45, 2.75) is 0 Å². The van der Waals surface area contributed by atoms with Crippen LogP contribution in [-0.4, -0.2) is 17.1 Å². The lowest BCUT2D eigenvalue weighted by Gasteiger charge is -2.09. The molecule has 0 aliphatic carbocycles. The summed E-state index contributed by atoms with van der Waals surface area (Å²) in [5.74, 6) is -0.812. The molecule has 0 bridgehead atoms. The summed E-state index contributed by atoms with van der Waals surface area (Å²) in [6.45, 7) is 0. The average molecular weight is 329 g/mol. The molecule has 0 atom stereocenters. The van der Waals surface area contributed by atoms with Gasteiger partial charge in [-0.2, -0.15) is 0 Å². The second-order valence-corrected chi connectivity index (χ2v) is 4.96. The molecule has 122 valence electrons. The van der Waals surface area contributed by atoms with E-state index in [1.165, 1.54) is 19.2 Å². The number of halogens is 2. The molecule has 0 amide bonds. The minimum Gasteiger partial charge on any atom is -0.497 e. The first kappa shape index (κ1) is 15.7. The van der Waals surface area contributed by atoms with Crippen molar-refractivity contribution in [1.29, 1.82) is 0 Å². The molecule has 0 radical (unpaired) electrons. The van der Waals surface area contributed by atoms with Gasteiger partial charge < -0.3 is 10.1 Å². The Bertz CT molecular complexity index is 941. The predicted octanol–water partition coefficient (Wildman–Crippen LogP) is 3.47. The highest BCUT2D eigenvalue weighted by atomic mass is 19.1. The van der Waals surface area contributed by atoms with Gasteiger partial charge in [0.1, 0.15) is 17.4 Å². The van der Waals surface area contributed by atoms with Crippen molar-refractivity contribution in [2.75, 3.05) is 12.4 Å². The lowest BCUT2D eigenvalue weighted by atomic mass is 10.1. The summed E-state index contributed by atoms with van der Waals surface area (Å²) in [6, 6.07) is 11.4. The van der Waals surface area contributed by atoms with Crippen LogP contribution in [-0.2, 0) is 0 Å². The zero-order chi connectivity index (χ0) is 17.1. The van der Waals surface area contributed by atoms with Crippen LogP contribution in [0.15, 0.2) is 53.3 Å². The molecule has 0 saturated heterocycles. The number of H-pyrrole nitrogens is 1. The third-order valence-corrected chi connectivity index (χ3v) is 3.29. The van der Waals surface area contributed by atoms with Gasteiger partial charge in [-0.15, -0.1) is 0 Å². The van der Waals surface area contributed by atoms with Crippen LogP contribution in [0.4, 0.5) is 20.4 Å². The second-order valence-electron chi connectivity index (χ2n) is 4.96. The van der Waals surface area contributed by atoms with Gasteiger partial charge in [-0.25, -0.2) is 13.8 Å². The molecule has 0 aliphatic heterocycles. The van der Waals surface area contributed by atoms with Crippen molar-refractivity contribution in [3.63, 3.8) is 0 Å². The van der Waals surface area contributed by atoms with Crippen LogP contribution in [0, 0.1) is 11.6 Å². The van der Waals surface area contributed by atoms with Gasteiger partial charge >= 0.3 is 0 Å². The fourth-order valence-corrected chi connectivity index (χ4v) is 2.17. The Morgan fingerprint density at radius 2 is 1.96 bits per heavy atom. The topological polar surface area (TPSA) is 67.0 Å². The minimum atomic E-state index is -0.788. The molecule has 1 aromatic heterocycles. The molecule has 0 saturated carbocycles. The highest BCUT2D eigenvalue weighted by molar-refractivity contribution is 5.63. The van der Waals surface area contributed by atoms with Gasteiger partial charge in [0.25, 0.3) is 5.56 Å². The number of nitrogens with one attached hydrogen (secondary N) is 2. The van der Waals surface area contributed by atoms with Gasteiger partial charge in [-0.3, -0.25) is 9.78 Å². The zero-order valence-corrected chi connectivity index (χ0v) is 12.6. The van der Waals surface area contributed by atoms with Crippen molar-refractivity contribution in [2.24, 2.45) is 0 Å². The molecule has 3 rings (SSSR count). The highest BCUT2D eigenvalue weighted by Crippen LogP contribution is 2.23. The summed E-state index contributed by atoms with van der Waals surface area (Å²) in [7, 11) is 1.54. The van der Waals surface area contributed by atoms with Crippen LogP contribution in [0.25, 0.3) is 11.3 Å². The normalized spacial score (nSPS) is 10.5. The Morgan fingerprint density at radius 3 is 2.71 bits per heavy atom. The Hall–Kier alpha value is -3.22. The van der Waals surface area contributed by atoms with E-state index in [4.69, 9.17) is 4.74 Å². The SMILES string of the molecule is COc1cccc(-c2cc(=O)[nH]c(Nc3ccc(F)cc3F)n2)c1. The largest absolute Gasteiger partial charge is 0.497 e. The molecule has 1 heterocycles. The van der Waals surface area contributed by atoms with E-state index in [2.05, 4.69) is 15.3 Å². The van der Waals surface area contributed by atoms with E-state index in [1.54, 1.807) is 24.3 Å². The van der Waals surface area contributed by atoms with Gasteiger partial charge in [0, 0.05) is 17.7 Å². The summed E-state index contributed by atoms with van der Waals surface area (Å²) in [4.78, 5) is 18.6. The summed E-state index contributed by atoms with van der Waals surface area (Å²) in [5.41, 5.74) is 0.654. The molecular weight excluding hydrogens is 316 g/mol. The lowest BCUT2D eigenvalue weighted by molar-refractivity contribution is 0.415. The maximum absolute atomic E-state index is 13.7. The monoisotopic (exact) mass is 329 g/mol. The minimum absolute atomic E-state index is 0.00217. The Balaban J connectivity index is 1.98. The maximum Gasteiger partial charge on any atom is 0.252 e. The Morgan fingerprint density at radius 1 is 1.12 bits per heavy atom. The van der Waals surface area contributed by atoms with Crippen LogP contribution < -0.4 is 15.6 Å². The molecule has 7 heteroatoms. The maximum atomic E-state index is 13.7. The van der Waals surface area contributed by atoms with E-state index >= 15 is 0 Å². The summed E-state index contributed by atoms with van der Waals surface area (Å²) < 4.78 is 31.8. The molecule has 2 N–H and O–H groups in total. The van der Waals surface area contributed by atoms with Gasteiger partial charge in [0.15, 0.2) is 0 Å². The molecule has 0 fully saturated rings. The summed E-state index contributed by atoms with van der Waals surface area (Å²) >= 11 is 0. The van der Waals surface area contributed by atoms with Crippen LogP contribution in [0.3, 0.4) is 0 Å². The van der Waals surface area contributed by atoms with E-state index in [9.17, 15) is 13.6 Å². The Labute approximate surface area is 136 Å². The number of hydrogen-bond donors (Lipinski definition) is 2. The zero-order valence-electron chi connectivity index (χ0n) is 12.6. The smallest absolute Gasteiger partial charge is 0.252 e. The first-order valence-electron chi connectivity index (χ1n) is 7.03. The lowest BCUT2D eigenvalue weighted by Crippen LogP contribution is -2.11. The van der Waals surface area contributed by atoms with Gasteiger partial charge in [0.2, 0.25) is 5.95 Å². The number of anilines is 2. The number of aromatic nitrogens is 2. The van der Waals surface area contributed by atoms with E-state index in [0.717, 1.165) is 12.1 Å². The molecule has 24 heavy (non-hydrogen) atoms. The second kappa shape index (κ2) is 6.49. The van der Waals surface area contributed by atoms with Crippen molar-refractivity contribution < 1.29 is 13.5 Å². The standard InChI is InChI=1S/C17H13F2N3O2/c1-24-12-4-2-3-10(7-12)15-9-16(23)22-17(21-15)20-14-6-5-11(18)8-13(14)19/h2-9H,1H3,(H2,20,21,22,23). The number of methoxy groups -OCH3 is 1. The van der Waals surface area contributed by atoms with Crippen LogP contribution in [0.1, 0.15) is 0 Å². The number of rotatable bonds is 4. The highest BCUT2D eigenvalue weighted by Gasteiger charge is 2.08. The van der Waals surface area contributed by atoms with Crippen molar-refractivity contribution in [1.82, 2.24) is 9.97 Å². The Kier molecular flexibility index (Phi) is 4.24. The molecule has 5 nitrogen and oxygen atoms in total. The predicted molar refractivity (Wildman–Crippen MR) is 86.5 cm³/mol. The quantitative estimate of drug-likeness (QED) is 0.769. The van der Waals surface area contributed by atoms with Gasteiger partial charge in [-0.05, 0) is 24.3 Å². The van der Waals surface area contributed by atoms with E-state index in [-0.39, 0.29) is 11.6 Å². The van der Waals surface area contributed by atoms with E-state index in [0.29, 0.717) is 17.0 Å². The third kappa shape index (κ3) is 3.40. The fourth-order valence-electron chi connectivity index (χ4n) is 2.17. The van der Waals surface area contributed by atoms with E-state index < -0.39 is 17.2 Å². The first-order chi connectivity index (χ1) is 11.5. The van der Waals surface area contributed by atoms with Crippen molar-refractivity contribution in [3.05, 3.63) is 70.5 Å². The van der Waals surface area contributed by atoms with Crippen LogP contribution >= 0.6 is 0 Å². The van der Waals surface area contributed by atoms with Gasteiger partial charge in [0.05, 0.1) is 18.5 Å². The van der Waals surface area contributed by atoms with Crippen molar-refractivity contribution >= 4 is 11.6 Å². The fraction of sp³-hybridized carbons (Fsp3) is 0.0588. The summed E-state index contributed by atoms with van der Waals surface area (Å²) in [6.07, 6.45) is 0. The molecular formula is C17H13F2N3O2. The number of nitrogens with zero attached hydrogens (tertiary/aromatic N) is 1. The molecule has 0 unspecified atom stereocenters. The number of aromatic amines is 1. The summed E-state index contributed by atoms with van der Waals surface area (Å²) in [5, 5.41) is 2.64. The average Bonchev–Trinajstić information content (AvgIpc) is 2.57. The third-order valence-electron chi connectivity index (χ3n) is 3.29. The van der Waals surface area contributed by atoms with Crippen molar-refractivity contribution in [3.8, 4) is 17.0 Å². The number of ether oxygens (including phenoxy) is 1. The molecule has 0 spiro atoms. The number of benzene rings is 2. The molecule has 2 aromatic carbocycles. The van der Waals surface area contributed by atoms with Crippen LogP contribution in [0.5, 0.6) is 5.75 Å². The first-order valence-corrected chi connectivity index (χ1v) is 7.03. The number of hydrogen-bond acceptors (Lipinski definition) is 4. The van der Waals surface area contributed by atoms with Gasteiger partial charge in [-0.1, -0.05) is 12.1 Å². The molecule has 3 aromatic rings. The van der Waals surface area contributed by atoms with Crippen LogP contribution in [0.2, 0.25) is 0 Å². The van der Waals surface area contributed by atoms with E-state index in [1.807, 2.05) is 0 Å². The molecule has 0 aliphatic rings.